The minimum Gasteiger partial charge on any atom is -0.298 e. The zero-order valence-electron chi connectivity index (χ0n) is 13.7. The maximum Gasteiger partial charge on any atom is 0.257 e. The van der Waals surface area contributed by atoms with Crippen molar-refractivity contribution in [3.05, 3.63) is 69.8 Å². The minimum atomic E-state index is -0.436. The Bertz CT molecular complexity index is 917. The molecule has 0 saturated heterocycles. The van der Waals surface area contributed by atoms with Crippen LogP contribution in [-0.2, 0) is 0 Å². The highest BCUT2D eigenvalue weighted by Gasteiger charge is 2.14. The van der Waals surface area contributed by atoms with Gasteiger partial charge in [-0.15, -0.1) is 11.3 Å². The van der Waals surface area contributed by atoms with Crippen LogP contribution in [0.5, 0.6) is 0 Å². The van der Waals surface area contributed by atoms with E-state index in [0.29, 0.717) is 5.13 Å². The van der Waals surface area contributed by atoms with Gasteiger partial charge in [-0.25, -0.2) is 9.37 Å². The van der Waals surface area contributed by atoms with Gasteiger partial charge in [0.25, 0.3) is 5.91 Å². The molecule has 0 aliphatic carbocycles. The lowest BCUT2D eigenvalue weighted by atomic mass is 10.0. The summed E-state index contributed by atoms with van der Waals surface area (Å²) in [6.07, 6.45) is 0. The van der Waals surface area contributed by atoms with Crippen LogP contribution in [0.2, 0.25) is 0 Å². The smallest absolute Gasteiger partial charge is 0.257 e. The average Bonchev–Trinajstić information content (AvgIpc) is 2.90. The summed E-state index contributed by atoms with van der Waals surface area (Å²) in [4.78, 5) is 17.8. The molecule has 0 unspecified atom stereocenters. The molecule has 5 heteroatoms. The third-order valence-corrected chi connectivity index (χ3v) is 4.77. The van der Waals surface area contributed by atoms with Crippen molar-refractivity contribution in [3.8, 4) is 11.3 Å². The van der Waals surface area contributed by atoms with Gasteiger partial charge in [-0.05, 0) is 56.2 Å². The first-order valence-corrected chi connectivity index (χ1v) is 8.37. The van der Waals surface area contributed by atoms with Gasteiger partial charge in [0.05, 0.1) is 5.69 Å². The summed E-state index contributed by atoms with van der Waals surface area (Å²) < 4.78 is 13.2. The van der Waals surface area contributed by atoms with Gasteiger partial charge in [-0.2, -0.15) is 0 Å². The Morgan fingerprint density at radius 2 is 1.88 bits per heavy atom. The molecule has 1 amide bonds. The lowest BCUT2D eigenvalue weighted by Crippen LogP contribution is -2.11. The van der Waals surface area contributed by atoms with Gasteiger partial charge in [0, 0.05) is 16.0 Å². The number of aryl methyl sites for hydroxylation is 3. The predicted octanol–water partition coefficient (Wildman–Crippen LogP) is 5.13. The van der Waals surface area contributed by atoms with Gasteiger partial charge in [0.1, 0.15) is 5.82 Å². The number of nitrogens with one attached hydrogen (secondary N) is 1. The van der Waals surface area contributed by atoms with Crippen LogP contribution in [0.4, 0.5) is 9.52 Å². The summed E-state index contributed by atoms with van der Waals surface area (Å²) >= 11 is 1.41. The van der Waals surface area contributed by atoms with Crippen LogP contribution in [0.15, 0.2) is 42.5 Å². The highest BCUT2D eigenvalue weighted by Crippen LogP contribution is 2.31. The van der Waals surface area contributed by atoms with E-state index in [2.05, 4.69) is 36.3 Å². The first-order valence-electron chi connectivity index (χ1n) is 7.56. The summed E-state index contributed by atoms with van der Waals surface area (Å²) in [7, 11) is 0. The molecular weight excluding hydrogens is 323 g/mol. The number of benzene rings is 2. The highest BCUT2D eigenvalue weighted by molar-refractivity contribution is 7.16. The first kappa shape index (κ1) is 16.3. The normalized spacial score (nSPS) is 10.7. The topological polar surface area (TPSA) is 42.0 Å². The molecule has 0 saturated carbocycles. The fraction of sp³-hybridized carbons (Fsp3) is 0.158. The van der Waals surface area contributed by atoms with Crippen LogP contribution in [0.25, 0.3) is 11.3 Å². The Kier molecular flexibility index (Phi) is 4.44. The average molecular weight is 340 g/mol. The molecule has 2 aromatic carbocycles. The molecule has 3 nitrogen and oxygen atoms in total. The van der Waals surface area contributed by atoms with Crippen LogP contribution in [-0.4, -0.2) is 10.9 Å². The first-order chi connectivity index (χ1) is 11.4. The number of thiazole rings is 1. The molecule has 3 aromatic rings. The molecule has 0 bridgehead atoms. The molecule has 0 radical (unpaired) electrons. The second kappa shape index (κ2) is 6.53. The van der Waals surface area contributed by atoms with Crippen LogP contribution in [0, 0.1) is 26.6 Å². The standard InChI is InChI=1S/C19H17FN2OS/c1-11-7-8-14(9-12(11)2)17-13(3)24-19(21-17)22-18(23)15-5-4-6-16(20)10-15/h4-10H,1-3H3,(H,21,22,23). The quantitative estimate of drug-likeness (QED) is 0.718. The fourth-order valence-corrected chi connectivity index (χ4v) is 3.24. The van der Waals surface area contributed by atoms with Crippen molar-refractivity contribution in [2.24, 2.45) is 0 Å². The molecule has 1 heterocycles. The zero-order valence-corrected chi connectivity index (χ0v) is 14.5. The SMILES string of the molecule is Cc1ccc(-c2nc(NC(=O)c3cccc(F)c3)sc2C)cc1C. The Morgan fingerprint density at radius 3 is 2.58 bits per heavy atom. The largest absolute Gasteiger partial charge is 0.298 e. The van der Waals surface area contributed by atoms with E-state index in [-0.39, 0.29) is 11.5 Å². The number of amides is 1. The second-order valence-electron chi connectivity index (χ2n) is 5.69. The highest BCUT2D eigenvalue weighted by atomic mass is 32.1. The lowest BCUT2D eigenvalue weighted by Gasteiger charge is -2.04. The van der Waals surface area contributed by atoms with Crippen LogP contribution in [0.3, 0.4) is 0 Å². The van der Waals surface area contributed by atoms with Gasteiger partial charge >= 0.3 is 0 Å². The van der Waals surface area contributed by atoms with Gasteiger partial charge in [0.2, 0.25) is 0 Å². The van der Waals surface area contributed by atoms with E-state index in [1.165, 1.54) is 40.7 Å². The number of rotatable bonds is 3. The number of aromatic nitrogens is 1. The molecule has 0 spiro atoms. The van der Waals surface area contributed by atoms with Gasteiger partial charge in [0.15, 0.2) is 5.13 Å². The molecular formula is C19H17FN2OS. The molecule has 122 valence electrons. The maximum absolute atomic E-state index is 13.2. The molecule has 0 aliphatic rings. The minimum absolute atomic E-state index is 0.274. The van der Waals surface area contributed by atoms with Gasteiger partial charge < -0.3 is 0 Å². The Hall–Kier alpha value is -2.53. The third kappa shape index (κ3) is 3.36. The molecule has 1 aromatic heterocycles. The van der Waals surface area contributed by atoms with Crippen molar-refractivity contribution in [3.63, 3.8) is 0 Å². The summed E-state index contributed by atoms with van der Waals surface area (Å²) in [5, 5.41) is 3.25. The number of nitrogens with zero attached hydrogens (tertiary/aromatic N) is 1. The molecule has 1 N–H and O–H groups in total. The molecule has 0 aliphatic heterocycles. The van der Waals surface area contributed by atoms with E-state index in [9.17, 15) is 9.18 Å². The van der Waals surface area contributed by atoms with Crippen molar-refractivity contribution < 1.29 is 9.18 Å². The maximum atomic E-state index is 13.2. The Labute approximate surface area is 144 Å². The van der Waals surface area contributed by atoms with Crippen molar-refractivity contribution in [1.82, 2.24) is 4.98 Å². The lowest BCUT2D eigenvalue weighted by molar-refractivity contribution is 0.102. The summed E-state index contributed by atoms with van der Waals surface area (Å²) in [5.41, 5.74) is 4.59. The van der Waals surface area contributed by atoms with E-state index < -0.39 is 5.82 Å². The molecule has 3 rings (SSSR count). The van der Waals surface area contributed by atoms with E-state index >= 15 is 0 Å². The molecule has 24 heavy (non-hydrogen) atoms. The number of carbonyl (C=O) groups excluding carboxylic acids is 1. The number of halogens is 1. The number of carbonyl (C=O) groups is 1. The van der Waals surface area contributed by atoms with E-state index in [1.54, 1.807) is 6.07 Å². The van der Waals surface area contributed by atoms with E-state index in [4.69, 9.17) is 0 Å². The van der Waals surface area contributed by atoms with Crippen LogP contribution in [0.1, 0.15) is 26.4 Å². The summed E-state index contributed by atoms with van der Waals surface area (Å²) in [6, 6.07) is 11.8. The Morgan fingerprint density at radius 1 is 1.08 bits per heavy atom. The monoisotopic (exact) mass is 340 g/mol. The van der Waals surface area contributed by atoms with Gasteiger partial charge in [-0.3, -0.25) is 10.1 Å². The third-order valence-electron chi connectivity index (χ3n) is 3.88. The van der Waals surface area contributed by atoms with E-state index in [1.807, 2.05) is 13.0 Å². The van der Waals surface area contributed by atoms with Crippen molar-refractivity contribution in [2.45, 2.75) is 20.8 Å². The number of anilines is 1. The van der Waals surface area contributed by atoms with Crippen molar-refractivity contribution >= 4 is 22.4 Å². The van der Waals surface area contributed by atoms with Crippen molar-refractivity contribution in [2.75, 3.05) is 5.32 Å². The van der Waals surface area contributed by atoms with Crippen LogP contribution < -0.4 is 5.32 Å². The van der Waals surface area contributed by atoms with E-state index in [0.717, 1.165) is 16.1 Å². The number of hydrogen-bond donors (Lipinski definition) is 1. The Balaban J connectivity index is 1.86. The summed E-state index contributed by atoms with van der Waals surface area (Å²) in [5.74, 6) is -0.802. The summed E-state index contributed by atoms with van der Waals surface area (Å²) in [6.45, 7) is 6.10. The second-order valence-corrected chi connectivity index (χ2v) is 6.89. The fourth-order valence-electron chi connectivity index (χ4n) is 2.41. The van der Waals surface area contributed by atoms with Crippen LogP contribution >= 0.6 is 11.3 Å². The molecule has 0 atom stereocenters. The van der Waals surface area contributed by atoms with Gasteiger partial charge in [-0.1, -0.05) is 18.2 Å². The number of hydrogen-bond acceptors (Lipinski definition) is 3. The van der Waals surface area contributed by atoms with Crippen molar-refractivity contribution in [1.29, 1.82) is 0 Å². The predicted molar refractivity (Wildman–Crippen MR) is 96.1 cm³/mol. The molecule has 0 fully saturated rings. The zero-order chi connectivity index (χ0) is 17.3.